The number of aliphatic carboxylic acids is 1. The second-order valence-corrected chi connectivity index (χ2v) is 4.16. The van der Waals surface area contributed by atoms with Crippen LogP contribution in [-0.4, -0.2) is 24.3 Å². The van der Waals surface area contributed by atoms with Crippen molar-refractivity contribution in [2.24, 2.45) is 0 Å². The van der Waals surface area contributed by atoms with Gasteiger partial charge in [0.15, 0.2) is 6.10 Å². The second-order valence-electron chi connectivity index (χ2n) is 3.25. The molecule has 0 bridgehead atoms. The minimum absolute atomic E-state index is 0.204. The number of carbonyl (C=O) groups is 1. The molecule has 0 saturated heterocycles. The Morgan fingerprint density at radius 1 is 1.56 bits per heavy atom. The van der Waals surface area contributed by atoms with Crippen molar-refractivity contribution in [2.45, 2.75) is 19.6 Å². The third-order valence-electron chi connectivity index (χ3n) is 2.08. The maximum atomic E-state index is 10.6. The normalized spacial score (nSPS) is 12.2. The average Bonchev–Trinajstić information content (AvgIpc) is 2.25. The summed E-state index contributed by atoms with van der Waals surface area (Å²) in [7, 11) is 1.56. The first-order valence-electron chi connectivity index (χ1n) is 4.71. The average molecular weight is 289 g/mol. The Kier molecular flexibility index (Phi) is 4.76. The highest BCUT2D eigenvalue weighted by Crippen LogP contribution is 2.23. The molecule has 0 fully saturated rings. The summed E-state index contributed by atoms with van der Waals surface area (Å²) in [4.78, 5) is 10.6. The van der Waals surface area contributed by atoms with Crippen LogP contribution in [0, 0.1) is 0 Å². The first-order valence-corrected chi connectivity index (χ1v) is 5.50. The molecule has 1 unspecified atom stereocenters. The molecule has 0 aliphatic carbocycles. The van der Waals surface area contributed by atoms with E-state index >= 15 is 0 Å². The smallest absolute Gasteiger partial charge is 0.332 e. The number of benzene rings is 1. The molecular formula is C11H13BrO4. The molecule has 88 valence electrons. The van der Waals surface area contributed by atoms with Gasteiger partial charge in [-0.3, -0.25) is 0 Å². The van der Waals surface area contributed by atoms with Gasteiger partial charge in [-0.1, -0.05) is 15.9 Å². The van der Waals surface area contributed by atoms with Crippen LogP contribution in [0.15, 0.2) is 22.7 Å². The summed E-state index contributed by atoms with van der Waals surface area (Å²) in [6.07, 6.45) is -0.830. The van der Waals surface area contributed by atoms with E-state index < -0.39 is 12.1 Å². The zero-order chi connectivity index (χ0) is 12.1. The van der Waals surface area contributed by atoms with E-state index in [1.165, 1.54) is 6.92 Å². The van der Waals surface area contributed by atoms with Gasteiger partial charge in [-0.05, 0) is 25.1 Å². The Morgan fingerprint density at radius 2 is 2.25 bits per heavy atom. The molecule has 1 N–H and O–H groups in total. The molecule has 1 rings (SSSR count). The highest BCUT2D eigenvalue weighted by atomic mass is 79.9. The summed E-state index contributed by atoms with van der Waals surface area (Å²) < 4.78 is 11.2. The number of ether oxygens (including phenoxy) is 2. The van der Waals surface area contributed by atoms with E-state index in [-0.39, 0.29) is 6.61 Å². The summed E-state index contributed by atoms with van der Waals surface area (Å²) in [5.41, 5.74) is 0.810. The largest absolute Gasteiger partial charge is 0.496 e. The summed E-state index contributed by atoms with van der Waals surface area (Å²) in [6.45, 7) is 1.70. The van der Waals surface area contributed by atoms with E-state index in [0.717, 1.165) is 10.0 Å². The minimum atomic E-state index is -0.978. The van der Waals surface area contributed by atoms with E-state index in [9.17, 15) is 4.79 Å². The monoisotopic (exact) mass is 288 g/mol. The standard InChI is InChI=1S/C11H13BrO4/c1-7(11(13)14)16-6-8-5-9(12)3-4-10(8)15-2/h3-5,7H,6H2,1-2H3,(H,13,14). The SMILES string of the molecule is COc1ccc(Br)cc1COC(C)C(=O)O. The van der Waals surface area contributed by atoms with Gasteiger partial charge in [0.2, 0.25) is 0 Å². The Bertz CT molecular complexity index is 378. The molecule has 0 saturated carbocycles. The van der Waals surface area contributed by atoms with Crippen molar-refractivity contribution in [3.63, 3.8) is 0 Å². The third kappa shape index (κ3) is 3.50. The van der Waals surface area contributed by atoms with Gasteiger partial charge in [0, 0.05) is 10.0 Å². The van der Waals surface area contributed by atoms with E-state index in [1.54, 1.807) is 13.2 Å². The summed E-state index contributed by atoms with van der Waals surface area (Å²) >= 11 is 3.33. The van der Waals surface area contributed by atoms with Crippen LogP contribution < -0.4 is 4.74 Å². The third-order valence-corrected chi connectivity index (χ3v) is 2.57. The van der Waals surface area contributed by atoms with Gasteiger partial charge in [-0.25, -0.2) is 4.79 Å². The Morgan fingerprint density at radius 3 is 2.81 bits per heavy atom. The molecule has 1 aromatic carbocycles. The fourth-order valence-electron chi connectivity index (χ4n) is 1.15. The van der Waals surface area contributed by atoms with Gasteiger partial charge in [0.25, 0.3) is 0 Å². The maximum Gasteiger partial charge on any atom is 0.332 e. The van der Waals surface area contributed by atoms with Crippen LogP contribution in [0.2, 0.25) is 0 Å². The van der Waals surface area contributed by atoms with E-state index in [2.05, 4.69) is 15.9 Å². The topological polar surface area (TPSA) is 55.8 Å². The molecule has 1 aromatic rings. The van der Waals surface area contributed by atoms with Gasteiger partial charge in [0.1, 0.15) is 5.75 Å². The highest BCUT2D eigenvalue weighted by molar-refractivity contribution is 9.10. The van der Waals surface area contributed by atoms with Crippen LogP contribution in [0.25, 0.3) is 0 Å². The molecule has 1 atom stereocenters. The van der Waals surface area contributed by atoms with Crippen molar-refractivity contribution in [3.05, 3.63) is 28.2 Å². The molecule has 16 heavy (non-hydrogen) atoms. The lowest BCUT2D eigenvalue weighted by molar-refractivity contribution is -0.149. The van der Waals surface area contributed by atoms with Crippen molar-refractivity contribution in [2.75, 3.05) is 7.11 Å². The summed E-state index contributed by atoms with van der Waals surface area (Å²) in [5, 5.41) is 8.68. The van der Waals surface area contributed by atoms with Crippen LogP contribution in [0.4, 0.5) is 0 Å². The lowest BCUT2D eigenvalue weighted by Gasteiger charge is -2.11. The molecule has 0 aromatic heterocycles. The fraction of sp³-hybridized carbons (Fsp3) is 0.364. The first-order chi connectivity index (χ1) is 7.54. The zero-order valence-corrected chi connectivity index (χ0v) is 10.7. The lowest BCUT2D eigenvalue weighted by atomic mass is 10.2. The predicted molar refractivity (Wildman–Crippen MR) is 62.6 cm³/mol. The Balaban J connectivity index is 2.72. The van der Waals surface area contributed by atoms with Gasteiger partial charge in [0.05, 0.1) is 13.7 Å². The Hall–Kier alpha value is -1.07. The van der Waals surface area contributed by atoms with Crippen LogP contribution in [0.5, 0.6) is 5.75 Å². The molecule has 0 amide bonds. The van der Waals surface area contributed by atoms with Crippen molar-refractivity contribution >= 4 is 21.9 Å². The van der Waals surface area contributed by atoms with Crippen LogP contribution in [0.1, 0.15) is 12.5 Å². The van der Waals surface area contributed by atoms with Crippen molar-refractivity contribution in [1.29, 1.82) is 0 Å². The lowest BCUT2D eigenvalue weighted by Crippen LogP contribution is -2.19. The van der Waals surface area contributed by atoms with E-state index in [0.29, 0.717) is 5.75 Å². The number of rotatable bonds is 5. The van der Waals surface area contributed by atoms with Gasteiger partial charge in [-0.15, -0.1) is 0 Å². The van der Waals surface area contributed by atoms with Crippen molar-refractivity contribution in [3.8, 4) is 5.75 Å². The molecule has 0 aliphatic rings. The number of hydrogen-bond acceptors (Lipinski definition) is 3. The summed E-state index contributed by atoms with van der Waals surface area (Å²) in [5.74, 6) is -0.297. The molecule has 0 aliphatic heterocycles. The number of hydrogen-bond donors (Lipinski definition) is 1. The van der Waals surface area contributed by atoms with E-state index in [1.807, 2.05) is 12.1 Å². The Labute approximate surface area is 102 Å². The fourth-order valence-corrected chi connectivity index (χ4v) is 1.55. The van der Waals surface area contributed by atoms with Crippen LogP contribution >= 0.6 is 15.9 Å². The maximum absolute atomic E-state index is 10.6. The molecule has 0 heterocycles. The predicted octanol–water partition coefficient (Wildman–Crippen LogP) is 2.45. The van der Waals surface area contributed by atoms with Gasteiger partial charge < -0.3 is 14.6 Å². The van der Waals surface area contributed by atoms with Gasteiger partial charge in [-0.2, -0.15) is 0 Å². The summed E-state index contributed by atoms with van der Waals surface area (Å²) in [6, 6.07) is 5.49. The van der Waals surface area contributed by atoms with Crippen molar-refractivity contribution < 1.29 is 19.4 Å². The van der Waals surface area contributed by atoms with Crippen LogP contribution in [-0.2, 0) is 16.1 Å². The first kappa shape index (κ1) is 13.0. The molecular weight excluding hydrogens is 276 g/mol. The van der Waals surface area contributed by atoms with Crippen LogP contribution in [0.3, 0.4) is 0 Å². The molecule has 4 nitrogen and oxygen atoms in total. The number of methoxy groups -OCH3 is 1. The van der Waals surface area contributed by atoms with Crippen molar-refractivity contribution in [1.82, 2.24) is 0 Å². The van der Waals surface area contributed by atoms with E-state index in [4.69, 9.17) is 14.6 Å². The number of halogens is 1. The second kappa shape index (κ2) is 5.86. The molecule has 0 radical (unpaired) electrons. The molecule has 5 heteroatoms. The van der Waals surface area contributed by atoms with Gasteiger partial charge >= 0.3 is 5.97 Å². The minimum Gasteiger partial charge on any atom is -0.496 e. The molecule has 0 spiro atoms. The quantitative estimate of drug-likeness (QED) is 0.904. The number of carboxylic acid groups (broad SMARTS) is 1. The highest BCUT2D eigenvalue weighted by Gasteiger charge is 2.12. The number of carboxylic acids is 1. The zero-order valence-electron chi connectivity index (χ0n) is 9.07.